The van der Waals surface area contributed by atoms with Gasteiger partial charge in [0.15, 0.2) is 0 Å². The summed E-state index contributed by atoms with van der Waals surface area (Å²) in [7, 11) is 0. The summed E-state index contributed by atoms with van der Waals surface area (Å²) >= 11 is 0. The number of benzene rings is 1. The molecule has 0 radical (unpaired) electrons. The van der Waals surface area contributed by atoms with Crippen molar-refractivity contribution in [3.8, 4) is 0 Å². The van der Waals surface area contributed by atoms with E-state index in [0.717, 1.165) is 24.0 Å². The van der Waals surface area contributed by atoms with Crippen molar-refractivity contribution in [3.05, 3.63) is 35.4 Å². The minimum absolute atomic E-state index is 0.00889. The van der Waals surface area contributed by atoms with Crippen molar-refractivity contribution < 1.29 is 9.53 Å². The highest BCUT2D eigenvalue weighted by atomic mass is 16.5. The predicted octanol–water partition coefficient (Wildman–Crippen LogP) is 0.940. The molecule has 0 spiro atoms. The number of ether oxygens (including phenoxy) is 1. The molecule has 1 aliphatic rings. The van der Waals surface area contributed by atoms with Crippen molar-refractivity contribution in [2.45, 2.75) is 32.0 Å². The van der Waals surface area contributed by atoms with Crippen molar-refractivity contribution in [3.63, 3.8) is 0 Å². The van der Waals surface area contributed by atoms with Gasteiger partial charge in [-0.3, -0.25) is 4.79 Å². The van der Waals surface area contributed by atoms with E-state index in [-0.39, 0.29) is 12.0 Å². The van der Waals surface area contributed by atoms with Gasteiger partial charge in [0, 0.05) is 19.7 Å². The molecule has 1 aromatic rings. The van der Waals surface area contributed by atoms with E-state index in [0.29, 0.717) is 19.7 Å². The van der Waals surface area contributed by atoms with Gasteiger partial charge in [0.2, 0.25) is 5.91 Å². The zero-order chi connectivity index (χ0) is 12.1. The monoisotopic (exact) mass is 234 g/mol. The lowest BCUT2D eigenvalue weighted by molar-refractivity contribution is -0.130. The van der Waals surface area contributed by atoms with E-state index in [1.807, 2.05) is 24.3 Å². The lowest BCUT2D eigenvalue weighted by Crippen LogP contribution is -2.33. The quantitative estimate of drug-likeness (QED) is 0.815. The molecule has 0 saturated carbocycles. The highest BCUT2D eigenvalue weighted by molar-refractivity contribution is 5.80. The Balaban J connectivity index is 1.82. The Labute approximate surface area is 101 Å². The van der Waals surface area contributed by atoms with Crippen LogP contribution in [0.25, 0.3) is 0 Å². The fraction of sp³-hybridized carbons (Fsp3) is 0.462. The number of carbonyl (C=O) groups is 1. The van der Waals surface area contributed by atoms with Gasteiger partial charge in [0.05, 0.1) is 0 Å². The number of hydrogen-bond donors (Lipinski definition) is 2. The van der Waals surface area contributed by atoms with E-state index in [9.17, 15) is 4.79 Å². The topological polar surface area (TPSA) is 64.3 Å². The Morgan fingerprint density at radius 2 is 2.06 bits per heavy atom. The minimum Gasteiger partial charge on any atom is -0.368 e. The number of nitrogens with two attached hydrogens (primary N) is 1. The number of rotatable bonds is 4. The summed E-state index contributed by atoms with van der Waals surface area (Å²) in [6.07, 6.45) is 1.56. The van der Waals surface area contributed by atoms with E-state index in [1.165, 1.54) is 0 Å². The van der Waals surface area contributed by atoms with Crippen LogP contribution in [0.5, 0.6) is 0 Å². The van der Waals surface area contributed by atoms with Crippen molar-refractivity contribution in [1.29, 1.82) is 0 Å². The maximum Gasteiger partial charge on any atom is 0.249 e. The standard InChI is InChI=1S/C13H18N2O2/c14-8-10-3-5-11(6-4-10)9-15-13(16)12-2-1-7-17-12/h3-6,12H,1-2,7-9,14H2,(H,15,16)/t12-/m1/s1. The van der Waals surface area contributed by atoms with Gasteiger partial charge in [-0.2, -0.15) is 0 Å². The van der Waals surface area contributed by atoms with Crippen LogP contribution in [0, 0.1) is 0 Å². The van der Waals surface area contributed by atoms with Gasteiger partial charge >= 0.3 is 0 Å². The average Bonchev–Trinajstić information content (AvgIpc) is 2.90. The second-order valence-electron chi connectivity index (χ2n) is 4.24. The minimum atomic E-state index is -0.252. The van der Waals surface area contributed by atoms with Crippen LogP contribution in [0.4, 0.5) is 0 Å². The molecule has 17 heavy (non-hydrogen) atoms. The van der Waals surface area contributed by atoms with Crippen LogP contribution in [0.2, 0.25) is 0 Å². The van der Waals surface area contributed by atoms with Crippen LogP contribution >= 0.6 is 0 Å². The molecular weight excluding hydrogens is 216 g/mol. The van der Waals surface area contributed by atoms with E-state index >= 15 is 0 Å². The second kappa shape index (κ2) is 5.80. The fourth-order valence-corrected chi connectivity index (χ4v) is 1.88. The van der Waals surface area contributed by atoms with Crippen molar-refractivity contribution in [2.75, 3.05) is 6.61 Å². The normalized spacial score (nSPS) is 19.2. The molecule has 0 aliphatic carbocycles. The largest absolute Gasteiger partial charge is 0.368 e. The molecule has 0 aromatic heterocycles. The molecule has 0 bridgehead atoms. The van der Waals surface area contributed by atoms with Crippen molar-refractivity contribution >= 4 is 5.91 Å². The molecular formula is C13H18N2O2. The van der Waals surface area contributed by atoms with E-state index in [4.69, 9.17) is 10.5 Å². The summed E-state index contributed by atoms with van der Waals surface area (Å²) in [5.74, 6) is -0.00889. The second-order valence-corrected chi connectivity index (χ2v) is 4.24. The molecule has 1 aliphatic heterocycles. The molecule has 4 nitrogen and oxygen atoms in total. The maximum absolute atomic E-state index is 11.7. The maximum atomic E-state index is 11.7. The van der Waals surface area contributed by atoms with Gasteiger partial charge in [0.25, 0.3) is 0 Å². The van der Waals surface area contributed by atoms with E-state index in [1.54, 1.807) is 0 Å². The van der Waals surface area contributed by atoms with E-state index < -0.39 is 0 Å². The first kappa shape index (κ1) is 12.1. The van der Waals surface area contributed by atoms with Gasteiger partial charge in [-0.05, 0) is 24.0 Å². The lowest BCUT2D eigenvalue weighted by Gasteiger charge is -2.10. The lowest BCUT2D eigenvalue weighted by atomic mass is 10.1. The molecule has 1 amide bonds. The highest BCUT2D eigenvalue weighted by Crippen LogP contribution is 2.12. The summed E-state index contributed by atoms with van der Waals surface area (Å²) < 4.78 is 5.31. The molecule has 1 heterocycles. The third-order valence-corrected chi connectivity index (χ3v) is 2.95. The molecule has 0 unspecified atom stereocenters. The van der Waals surface area contributed by atoms with Gasteiger partial charge in [-0.1, -0.05) is 24.3 Å². The highest BCUT2D eigenvalue weighted by Gasteiger charge is 2.22. The molecule has 4 heteroatoms. The number of hydrogen-bond acceptors (Lipinski definition) is 3. The van der Waals surface area contributed by atoms with Gasteiger partial charge in [-0.25, -0.2) is 0 Å². The van der Waals surface area contributed by atoms with Crippen LogP contribution in [-0.4, -0.2) is 18.6 Å². The Hall–Kier alpha value is -1.39. The van der Waals surface area contributed by atoms with E-state index in [2.05, 4.69) is 5.32 Å². The molecule has 3 N–H and O–H groups in total. The molecule has 92 valence electrons. The fourth-order valence-electron chi connectivity index (χ4n) is 1.88. The van der Waals surface area contributed by atoms with Crippen LogP contribution in [0.1, 0.15) is 24.0 Å². The molecule has 1 fully saturated rings. The molecule has 1 aromatic carbocycles. The number of carbonyl (C=O) groups excluding carboxylic acids is 1. The third-order valence-electron chi connectivity index (χ3n) is 2.95. The molecule has 2 rings (SSSR count). The van der Waals surface area contributed by atoms with Crippen LogP contribution in [-0.2, 0) is 22.6 Å². The van der Waals surface area contributed by atoms with Gasteiger partial charge < -0.3 is 15.8 Å². The predicted molar refractivity (Wildman–Crippen MR) is 65.2 cm³/mol. The zero-order valence-electron chi connectivity index (χ0n) is 9.82. The SMILES string of the molecule is NCc1ccc(CNC(=O)[C@H]2CCCO2)cc1. The van der Waals surface area contributed by atoms with Crippen molar-refractivity contribution in [1.82, 2.24) is 5.32 Å². The van der Waals surface area contributed by atoms with Crippen LogP contribution in [0.3, 0.4) is 0 Å². The van der Waals surface area contributed by atoms with Crippen molar-refractivity contribution in [2.24, 2.45) is 5.73 Å². The third kappa shape index (κ3) is 3.28. The molecule has 1 atom stereocenters. The summed E-state index contributed by atoms with van der Waals surface area (Å²) in [4.78, 5) is 11.7. The van der Waals surface area contributed by atoms with Crippen LogP contribution < -0.4 is 11.1 Å². The zero-order valence-corrected chi connectivity index (χ0v) is 9.82. The number of amides is 1. The first-order chi connectivity index (χ1) is 8.29. The Morgan fingerprint density at radius 3 is 2.65 bits per heavy atom. The average molecular weight is 234 g/mol. The first-order valence-electron chi connectivity index (χ1n) is 5.97. The summed E-state index contributed by atoms with van der Waals surface area (Å²) in [5, 5.41) is 2.88. The Kier molecular flexibility index (Phi) is 4.12. The molecule has 1 saturated heterocycles. The summed E-state index contributed by atoms with van der Waals surface area (Å²) in [6, 6.07) is 7.93. The smallest absolute Gasteiger partial charge is 0.249 e. The van der Waals surface area contributed by atoms with Gasteiger partial charge in [0.1, 0.15) is 6.10 Å². The first-order valence-corrected chi connectivity index (χ1v) is 5.97. The summed E-state index contributed by atoms with van der Waals surface area (Å²) in [5.41, 5.74) is 7.69. The number of nitrogens with one attached hydrogen (secondary N) is 1. The Morgan fingerprint density at radius 1 is 1.35 bits per heavy atom. The van der Waals surface area contributed by atoms with Crippen LogP contribution in [0.15, 0.2) is 24.3 Å². The Bertz CT molecular complexity index is 370. The summed E-state index contributed by atoms with van der Waals surface area (Å²) in [6.45, 7) is 1.79. The van der Waals surface area contributed by atoms with Gasteiger partial charge in [-0.15, -0.1) is 0 Å².